The van der Waals surface area contributed by atoms with Crippen LogP contribution in [-0.2, 0) is 11.3 Å². The number of aliphatic carboxylic acids is 1. The molecule has 0 radical (unpaired) electrons. The summed E-state index contributed by atoms with van der Waals surface area (Å²) in [6.07, 6.45) is 1.64. The second-order valence-electron chi connectivity index (χ2n) is 3.24. The fraction of sp³-hybridized carbons (Fsp3) is 0.0909. The molecule has 0 aliphatic carbocycles. The lowest BCUT2D eigenvalue weighted by molar-refractivity contribution is -0.660. The monoisotopic (exact) mass is 204 g/mol. The van der Waals surface area contributed by atoms with Crippen molar-refractivity contribution in [2.75, 3.05) is 0 Å². The van der Waals surface area contributed by atoms with Gasteiger partial charge in [-0.05, 0) is 18.2 Å². The summed E-state index contributed by atoms with van der Waals surface area (Å²) in [6.45, 7) is -0.158. The largest absolute Gasteiger partial charge is 0.502 e. The van der Waals surface area contributed by atoms with Gasteiger partial charge in [0.15, 0.2) is 11.9 Å². The van der Waals surface area contributed by atoms with Crippen molar-refractivity contribution >= 4 is 16.9 Å². The highest BCUT2D eigenvalue weighted by molar-refractivity contribution is 5.81. The van der Waals surface area contributed by atoms with Crippen molar-refractivity contribution in [3.8, 4) is 5.75 Å². The number of nitrogens with zero attached hydrogens (tertiary/aromatic N) is 1. The zero-order chi connectivity index (χ0) is 10.8. The van der Waals surface area contributed by atoms with Gasteiger partial charge in [0.2, 0.25) is 6.54 Å². The Kier molecular flexibility index (Phi) is 2.25. The van der Waals surface area contributed by atoms with Crippen molar-refractivity contribution in [1.82, 2.24) is 0 Å². The molecule has 0 atom stereocenters. The van der Waals surface area contributed by atoms with Crippen molar-refractivity contribution in [1.29, 1.82) is 0 Å². The Morgan fingerprint density at radius 2 is 2.00 bits per heavy atom. The Labute approximate surface area is 86.0 Å². The van der Waals surface area contributed by atoms with E-state index < -0.39 is 5.97 Å². The molecule has 15 heavy (non-hydrogen) atoms. The standard InChI is InChI=1S/C11H9NO3/c13-9-5-1-3-8-4-2-6-12(11(8)9)7-10(14)15/h1-6H,7H2,(H-,13,14,15)/p+1. The van der Waals surface area contributed by atoms with Crippen LogP contribution in [0.2, 0.25) is 0 Å². The van der Waals surface area contributed by atoms with Crippen molar-refractivity contribution in [3.63, 3.8) is 0 Å². The first-order chi connectivity index (χ1) is 7.18. The first-order valence-corrected chi connectivity index (χ1v) is 4.50. The van der Waals surface area contributed by atoms with Gasteiger partial charge < -0.3 is 10.2 Å². The highest BCUT2D eigenvalue weighted by Crippen LogP contribution is 2.19. The van der Waals surface area contributed by atoms with E-state index in [4.69, 9.17) is 5.11 Å². The molecule has 0 aliphatic heterocycles. The molecule has 1 heterocycles. The maximum absolute atomic E-state index is 10.6. The Bertz CT molecular complexity index is 517. The molecule has 0 saturated carbocycles. The summed E-state index contributed by atoms with van der Waals surface area (Å²) in [5, 5.41) is 19.2. The van der Waals surface area contributed by atoms with Crippen molar-refractivity contribution in [2.24, 2.45) is 0 Å². The molecular formula is C11H10NO3+. The number of aromatic hydroxyl groups is 1. The highest BCUT2D eigenvalue weighted by Gasteiger charge is 2.15. The van der Waals surface area contributed by atoms with Crippen molar-refractivity contribution in [3.05, 3.63) is 36.5 Å². The third-order valence-corrected chi connectivity index (χ3v) is 2.18. The van der Waals surface area contributed by atoms with Crippen LogP contribution in [0.1, 0.15) is 0 Å². The molecule has 1 aromatic heterocycles. The summed E-state index contributed by atoms with van der Waals surface area (Å²) in [4.78, 5) is 10.6. The summed E-state index contributed by atoms with van der Waals surface area (Å²) < 4.78 is 1.51. The Morgan fingerprint density at radius 3 is 2.73 bits per heavy atom. The zero-order valence-electron chi connectivity index (χ0n) is 7.92. The second-order valence-corrected chi connectivity index (χ2v) is 3.24. The third kappa shape index (κ3) is 1.74. The highest BCUT2D eigenvalue weighted by atomic mass is 16.4. The number of carboxylic acids is 1. The molecule has 4 heteroatoms. The van der Waals surface area contributed by atoms with Gasteiger partial charge in [-0.3, -0.25) is 0 Å². The number of fused-ring (bicyclic) bond motifs is 1. The van der Waals surface area contributed by atoms with Crippen LogP contribution in [-0.4, -0.2) is 16.2 Å². The van der Waals surface area contributed by atoms with Crippen LogP contribution in [0.15, 0.2) is 36.5 Å². The number of aromatic nitrogens is 1. The molecule has 0 amide bonds. The Hall–Kier alpha value is -2.10. The maximum atomic E-state index is 10.6. The normalized spacial score (nSPS) is 10.4. The first kappa shape index (κ1) is 9.45. The Balaban J connectivity index is 2.68. The van der Waals surface area contributed by atoms with E-state index in [-0.39, 0.29) is 12.3 Å². The van der Waals surface area contributed by atoms with Gasteiger partial charge >= 0.3 is 5.97 Å². The summed E-state index contributed by atoms with van der Waals surface area (Å²) in [5.41, 5.74) is 0.544. The summed E-state index contributed by atoms with van der Waals surface area (Å²) in [6, 6.07) is 8.68. The molecule has 76 valence electrons. The van der Waals surface area contributed by atoms with Crippen molar-refractivity contribution in [2.45, 2.75) is 6.54 Å². The van der Waals surface area contributed by atoms with E-state index >= 15 is 0 Å². The smallest absolute Gasteiger partial charge is 0.370 e. The van der Waals surface area contributed by atoms with E-state index in [1.165, 1.54) is 4.57 Å². The number of phenolic OH excluding ortho intramolecular Hbond substituents is 1. The van der Waals surface area contributed by atoms with Gasteiger partial charge in [0.05, 0.1) is 5.39 Å². The number of carbonyl (C=O) groups is 1. The quantitative estimate of drug-likeness (QED) is 0.715. The van der Waals surface area contributed by atoms with Gasteiger partial charge in [-0.1, -0.05) is 6.07 Å². The molecule has 0 aliphatic rings. The van der Waals surface area contributed by atoms with E-state index in [2.05, 4.69) is 0 Å². The number of hydrogen-bond donors (Lipinski definition) is 2. The van der Waals surface area contributed by atoms with Gasteiger partial charge in [-0.25, -0.2) is 4.79 Å². The first-order valence-electron chi connectivity index (χ1n) is 4.50. The van der Waals surface area contributed by atoms with Gasteiger partial charge in [0, 0.05) is 6.07 Å². The molecule has 0 unspecified atom stereocenters. The number of rotatable bonds is 2. The molecular weight excluding hydrogens is 194 g/mol. The number of phenols is 1. The molecule has 2 N–H and O–H groups in total. The van der Waals surface area contributed by atoms with Crippen LogP contribution >= 0.6 is 0 Å². The van der Waals surface area contributed by atoms with Crippen molar-refractivity contribution < 1.29 is 19.6 Å². The van der Waals surface area contributed by atoms with E-state index in [0.29, 0.717) is 5.52 Å². The lowest BCUT2D eigenvalue weighted by Crippen LogP contribution is -2.38. The lowest BCUT2D eigenvalue weighted by atomic mass is 10.2. The zero-order valence-corrected chi connectivity index (χ0v) is 7.92. The average molecular weight is 204 g/mol. The average Bonchev–Trinajstić information content (AvgIpc) is 2.17. The number of benzene rings is 1. The molecule has 4 nitrogen and oxygen atoms in total. The molecule has 1 aromatic carbocycles. The lowest BCUT2D eigenvalue weighted by Gasteiger charge is -2.00. The van der Waals surface area contributed by atoms with Crippen LogP contribution in [0.4, 0.5) is 0 Å². The van der Waals surface area contributed by atoms with E-state index in [1.54, 1.807) is 24.4 Å². The summed E-state index contributed by atoms with van der Waals surface area (Å²) >= 11 is 0. The minimum absolute atomic E-state index is 0.0920. The number of para-hydroxylation sites is 1. The van der Waals surface area contributed by atoms with Crippen LogP contribution in [0.25, 0.3) is 10.9 Å². The molecule has 0 bridgehead atoms. The van der Waals surface area contributed by atoms with E-state index in [0.717, 1.165) is 5.39 Å². The SMILES string of the molecule is O=C(O)C[n+]1cccc2cccc(O)c21. The minimum atomic E-state index is -0.934. The maximum Gasteiger partial charge on any atom is 0.370 e. The molecule has 2 rings (SSSR count). The molecule has 2 aromatic rings. The van der Waals surface area contributed by atoms with Crippen LogP contribution in [0.5, 0.6) is 5.75 Å². The predicted molar refractivity (Wildman–Crippen MR) is 53.4 cm³/mol. The van der Waals surface area contributed by atoms with Gasteiger partial charge in [-0.15, -0.1) is 0 Å². The molecule has 0 fully saturated rings. The van der Waals surface area contributed by atoms with Gasteiger partial charge in [-0.2, -0.15) is 4.57 Å². The minimum Gasteiger partial charge on any atom is -0.502 e. The third-order valence-electron chi connectivity index (χ3n) is 2.18. The van der Waals surface area contributed by atoms with E-state index in [9.17, 15) is 9.90 Å². The van der Waals surface area contributed by atoms with Crippen LogP contribution < -0.4 is 4.57 Å². The topological polar surface area (TPSA) is 61.4 Å². The van der Waals surface area contributed by atoms with Gasteiger partial charge in [0.25, 0.3) is 5.52 Å². The van der Waals surface area contributed by atoms with Crippen LogP contribution in [0, 0.1) is 0 Å². The molecule has 0 saturated heterocycles. The second kappa shape index (κ2) is 3.57. The molecule has 0 spiro atoms. The van der Waals surface area contributed by atoms with Crippen LogP contribution in [0.3, 0.4) is 0 Å². The predicted octanol–water partition coefficient (Wildman–Crippen LogP) is 0.917. The van der Waals surface area contributed by atoms with Gasteiger partial charge in [0.1, 0.15) is 0 Å². The fourth-order valence-corrected chi connectivity index (χ4v) is 1.60. The Morgan fingerprint density at radius 1 is 1.27 bits per heavy atom. The number of pyridine rings is 1. The number of hydrogen-bond acceptors (Lipinski definition) is 2. The fourth-order valence-electron chi connectivity index (χ4n) is 1.60. The number of carboxylic acid groups (broad SMARTS) is 1. The summed E-state index contributed by atoms with van der Waals surface area (Å²) in [5.74, 6) is -0.842. The summed E-state index contributed by atoms with van der Waals surface area (Å²) in [7, 11) is 0. The van der Waals surface area contributed by atoms with E-state index in [1.807, 2.05) is 12.1 Å².